The fourth-order valence-electron chi connectivity index (χ4n) is 2.31. The van der Waals surface area contributed by atoms with Gasteiger partial charge in [-0.3, -0.25) is 4.31 Å². The smallest absolute Gasteiger partial charge is 0.241 e. The predicted molar refractivity (Wildman–Crippen MR) is 80.4 cm³/mol. The lowest BCUT2D eigenvalue weighted by atomic mass is 10.2. The summed E-state index contributed by atoms with van der Waals surface area (Å²) in [6.07, 6.45) is 3.20. The molecule has 6 nitrogen and oxygen atoms in total. The fraction of sp³-hybridized carbons (Fsp3) is 0.214. The van der Waals surface area contributed by atoms with Crippen LogP contribution in [0.25, 0.3) is 10.9 Å². The molecule has 0 unspecified atom stereocenters. The summed E-state index contributed by atoms with van der Waals surface area (Å²) in [4.78, 5) is 3.09. The van der Waals surface area contributed by atoms with E-state index in [1.165, 1.54) is 10.6 Å². The highest BCUT2D eigenvalue weighted by Crippen LogP contribution is 2.24. The quantitative estimate of drug-likeness (QED) is 0.785. The first-order valence-electron chi connectivity index (χ1n) is 6.57. The van der Waals surface area contributed by atoms with E-state index in [1.54, 1.807) is 12.1 Å². The van der Waals surface area contributed by atoms with E-state index >= 15 is 0 Å². The van der Waals surface area contributed by atoms with Crippen LogP contribution in [-0.2, 0) is 15.8 Å². The topological polar surface area (TPSA) is 79.2 Å². The van der Waals surface area contributed by atoms with Crippen LogP contribution in [0.3, 0.4) is 0 Å². The molecule has 0 atom stereocenters. The third kappa shape index (κ3) is 2.64. The van der Waals surface area contributed by atoms with E-state index in [-0.39, 0.29) is 5.75 Å². The van der Waals surface area contributed by atoms with E-state index in [9.17, 15) is 8.42 Å². The molecule has 2 heterocycles. The largest absolute Gasteiger partial charge is 0.364 e. The first-order chi connectivity index (χ1) is 10.1. The molecule has 1 aromatic carbocycles. The molecule has 0 saturated heterocycles. The van der Waals surface area contributed by atoms with E-state index < -0.39 is 10.0 Å². The van der Waals surface area contributed by atoms with Gasteiger partial charge in [0.2, 0.25) is 10.0 Å². The summed E-state index contributed by atoms with van der Waals surface area (Å²) in [7, 11) is -3.50. The van der Waals surface area contributed by atoms with Crippen LogP contribution in [0.5, 0.6) is 0 Å². The van der Waals surface area contributed by atoms with Gasteiger partial charge in [0, 0.05) is 29.7 Å². The molecular formula is C14H15N3O3S. The number of H-pyrrole nitrogens is 1. The molecule has 7 heteroatoms. The van der Waals surface area contributed by atoms with Crippen LogP contribution in [0.4, 0.5) is 5.69 Å². The van der Waals surface area contributed by atoms with Crippen molar-refractivity contribution in [2.24, 2.45) is 0 Å². The number of fused-ring (bicyclic) bond motifs is 1. The van der Waals surface area contributed by atoms with Crippen LogP contribution < -0.4 is 4.31 Å². The molecule has 21 heavy (non-hydrogen) atoms. The normalized spacial score (nSPS) is 11.9. The minimum Gasteiger partial charge on any atom is -0.364 e. The molecular weight excluding hydrogens is 290 g/mol. The van der Waals surface area contributed by atoms with E-state index in [2.05, 4.69) is 14.7 Å². The highest BCUT2D eigenvalue weighted by Gasteiger charge is 2.23. The Morgan fingerprint density at radius 1 is 1.29 bits per heavy atom. The Labute approximate surface area is 122 Å². The van der Waals surface area contributed by atoms with Crippen LogP contribution in [0.2, 0.25) is 0 Å². The predicted octanol–water partition coefficient (Wildman–Crippen LogP) is 2.51. The SMILES string of the molecule is CCN(c1ccc2[nH]ccc2c1)S(=O)(=O)Cc1ccon1. The average molecular weight is 305 g/mol. The first-order valence-corrected chi connectivity index (χ1v) is 8.18. The number of sulfonamides is 1. The molecule has 0 fully saturated rings. The molecule has 0 aliphatic rings. The Hall–Kier alpha value is -2.28. The van der Waals surface area contributed by atoms with Crippen molar-refractivity contribution in [1.29, 1.82) is 0 Å². The Bertz CT molecular complexity index is 837. The summed E-state index contributed by atoms with van der Waals surface area (Å²) in [6, 6.07) is 9.00. The third-order valence-electron chi connectivity index (χ3n) is 3.27. The maximum absolute atomic E-state index is 12.5. The lowest BCUT2D eigenvalue weighted by Gasteiger charge is -2.22. The molecule has 0 aliphatic heterocycles. The van der Waals surface area contributed by atoms with E-state index in [1.807, 2.05) is 31.3 Å². The first kappa shape index (κ1) is 13.7. The summed E-state index contributed by atoms with van der Waals surface area (Å²) < 4.78 is 31.2. The summed E-state index contributed by atoms with van der Waals surface area (Å²) in [6.45, 7) is 2.16. The number of rotatable bonds is 5. The van der Waals surface area contributed by atoms with Crippen LogP contribution in [0.1, 0.15) is 12.6 Å². The van der Waals surface area contributed by atoms with Crippen molar-refractivity contribution in [3.05, 3.63) is 48.5 Å². The lowest BCUT2D eigenvalue weighted by Crippen LogP contribution is -2.31. The molecule has 3 rings (SSSR count). The van der Waals surface area contributed by atoms with Gasteiger partial charge in [0.25, 0.3) is 0 Å². The third-order valence-corrected chi connectivity index (χ3v) is 5.07. The van der Waals surface area contributed by atoms with Gasteiger partial charge in [-0.05, 0) is 31.2 Å². The zero-order valence-electron chi connectivity index (χ0n) is 11.5. The second-order valence-corrected chi connectivity index (χ2v) is 6.55. The van der Waals surface area contributed by atoms with Gasteiger partial charge >= 0.3 is 0 Å². The standard InChI is InChI=1S/C14H15N3O3S/c1-2-17(21(18,19)10-12-6-8-20-16-12)13-3-4-14-11(9-13)5-7-15-14/h3-9,15H,2,10H2,1H3. The molecule has 1 N–H and O–H groups in total. The monoisotopic (exact) mass is 305 g/mol. The number of nitrogens with one attached hydrogen (secondary N) is 1. The highest BCUT2D eigenvalue weighted by atomic mass is 32.2. The number of hydrogen-bond donors (Lipinski definition) is 1. The van der Waals surface area contributed by atoms with Crippen molar-refractivity contribution in [1.82, 2.24) is 10.1 Å². The summed E-state index contributed by atoms with van der Waals surface area (Å²) in [5.74, 6) is -0.178. The van der Waals surface area contributed by atoms with Crippen molar-refractivity contribution in [2.75, 3.05) is 10.8 Å². The van der Waals surface area contributed by atoms with Crippen molar-refractivity contribution in [3.8, 4) is 0 Å². The molecule has 2 aromatic heterocycles. The van der Waals surface area contributed by atoms with Gasteiger partial charge in [0.05, 0.1) is 5.69 Å². The molecule has 0 bridgehead atoms. The van der Waals surface area contributed by atoms with Gasteiger partial charge in [-0.1, -0.05) is 5.16 Å². The minimum absolute atomic E-state index is 0.178. The average Bonchev–Trinajstić information content (AvgIpc) is 3.09. The van der Waals surface area contributed by atoms with Gasteiger partial charge in [-0.15, -0.1) is 0 Å². The fourth-order valence-corrected chi connectivity index (χ4v) is 3.82. The number of anilines is 1. The van der Waals surface area contributed by atoms with Crippen LogP contribution in [0, 0.1) is 0 Å². The molecule has 0 aliphatic carbocycles. The van der Waals surface area contributed by atoms with Gasteiger partial charge in [0.1, 0.15) is 17.7 Å². The van der Waals surface area contributed by atoms with Gasteiger partial charge in [0.15, 0.2) is 0 Å². The Kier molecular flexibility index (Phi) is 3.42. The van der Waals surface area contributed by atoms with E-state index in [0.29, 0.717) is 17.9 Å². The van der Waals surface area contributed by atoms with E-state index in [0.717, 1.165) is 10.9 Å². The zero-order chi connectivity index (χ0) is 14.9. The Morgan fingerprint density at radius 2 is 2.14 bits per heavy atom. The second-order valence-electron chi connectivity index (χ2n) is 4.66. The Morgan fingerprint density at radius 3 is 2.86 bits per heavy atom. The molecule has 0 spiro atoms. The van der Waals surface area contributed by atoms with Crippen molar-refractivity contribution in [2.45, 2.75) is 12.7 Å². The van der Waals surface area contributed by atoms with E-state index in [4.69, 9.17) is 0 Å². The molecule has 3 aromatic rings. The molecule has 0 amide bonds. The van der Waals surface area contributed by atoms with Crippen molar-refractivity contribution < 1.29 is 12.9 Å². The van der Waals surface area contributed by atoms with Gasteiger partial charge < -0.3 is 9.51 Å². The summed E-state index contributed by atoms with van der Waals surface area (Å²) in [5.41, 5.74) is 2.02. The van der Waals surface area contributed by atoms with Gasteiger partial charge in [-0.2, -0.15) is 0 Å². The van der Waals surface area contributed by atoms with Crippen LogP contribution in [-0.4, -0.2) is 25.1 Å². The summed E-state index contributed by atoms with van der Waals surface area (Å²) >= 11 is 0. The number of aromatic nitrogens is 2. The Balaban J connectivity index is 1.96. The highest BCUT2D eigenvalue weighted by molar-refractivity contribution is 7.92. The lowest BCUT2D eigenvalue weighted by molar-refractivity contribution is 0.413. The molecule has 0 saturated carbocycles. The molecule has 110 valence electrons. The van der Waals surface area contributed by atoms with Crippen molar-refractivity contribution >= 4 is 26.6 Å². The zero-order valence-corrected chi connectivity index (χ0v) is 12.3. The number of benzene rings is 1. The number of aromatic amines is 1. The number of hydrogen-bond acceptors (Lipinski definition) is 4. The maximum atomic E-state index is 12.5. The minimum atomic E-state index is -3.50. The maximum Gasteiger partial charge on any atom is 0.241 e. The molecule has 0 radical (unpaired) electrons. The van der Waals surface area contributed by atoms with Crippen molar-refractivity contribution in [3.63, 3.8) is 0 Å². The van der Waals surface area contributed by atoms with Crippen LogP contribution in [0.15, 0.2) is 47.3 Å². The van der Waals surface area contributed by atoms with Gasteiger partial charge in [-0.25, -0.2) is 8.42 Å². The number of nitrogens with zero attached hydrogens (tertiary/aromatic N) is 2. The summed E-state index contributed by atoms with van der Waals surface area (Å²) in [5, 5.41) is 4.64. The van der Waals surface area contributed by atoms with Crippen LogP contribution >= 0.6 is 0 Å². The second kappa shape index (κ2) is 5.25.